The maximum Gasteiger partial charge on any atom is 0.332 e. The van der Waals surface area contributed by atoms with Crippen molar-refractivity contribution in [1.29, 1.82) is 0 Å². The summed E-state index contributed by atoms with van der Waals surface area (Å²) in [7, 11) is 0. The fourth-order valence-corrected chi connectivity index (χ4v) is 8.53. The Labute approximate surface area is 348 Å². The van der Waals surface area contributed by atoms with Gasteiger partial charge in [0.15, 0.2) is 6.29 Å². The highest BCUT2D eigenvalue weighted by molar-refractivity contribution is 6.35. The van der Waals surface area contributed by atoms with Crippen LogP contribution in [-0.2, 0) is 36.1 Å². The number of carbonyl (C=O) groups excluding carboxylic acids is 2. The van der Waals surface area contributed by atoms with Crippen molar-refractivity contribution in [2.24, 2.45) is 0 Å². The Hall–Kier alpha value is -4.44. The lowest BCUT2D eigenvalue weighted by molar-refractivity contribution is -0.190. The van der Waals surface area contributed by atoms with E-state index in [2.05, 4.69) is 32.0 Å². The SMILES string of the molecule is CC1(C)C(=O)N(c2ccc(N3CCN(c4ccc(OC[C@@H]5CO[C@@](Cn6cncn6)(c6ccc(Cl)cc6Cl)O5)cc4)CC3)cc2)C(=O)N1CCCOC1CCCCO1. The van der Waals surface area contributed by atoms with Gasteiger partial charge in [0.05, 0.1) is 23.9 Å². The number of hydrogen-bond acceptors (Lipinski definition) is 11. The molecule has 0 saturated carbocycles. The summed E-state index contributed by atoms with van der Waals surface area (Å²) in [4.78, 5) is 38.7. The summed E-state index contributed by atoms with van der Waals surface area (Å²) in [6.07, 6.45) is 6.22. The van der Waals surface area contributed by atoms with Crippen molar-refractivity contribution in [3.05, 3.63) is 95.0 Å². The fraction of sp³-hybridized carbons (Fsp3) is 0.476. The van der Waals surface area contributed by atoms with Crippen molar-refractivity contribution in [2.45, 2.75) is 69.8 Å². The topological polar surface area (TPSA) is 124 Å². The number of anilines is 3. The Kier molecular flexibility index (Phi) is 12.1. The molecule has 3 aromatic carbocycles. The molecule has 58 heavy (non-hydrogen) atoms. The molecule has 14 nitrogen and oxygen atoms in total. The second kappa shape index (κ2) is 17.4. The van der Waals surface area contributed by atoms with E-state index in [1.54, 1.807) is 41.9 Å². The van der Waals surface area contributed by atoms with E-state index < -0.39 is 11.3 Å². The molecule has 4 aliphatic rings. The summed E-state index contributed by atoms with van der Waals surface area (Å²) < 4.78 is 32.1. The van der Waals surface area contributed by atoms with Crippen LogP contribution in [0.4, 0.5) is 21.9 Å². The number of ether oxygens (including phenoxy) is 5. The van der Waals surface area contributed by atoms with Crippen LogP contribution in [0.5, 0.6) is 5.75 Å². The van der Waals surface area contributed by atoms with E-state index in [0.29, 0.717) is 47.5 Å². The second-order valence-corrected chi connectivity index (χ2v) is 16.3. The van der Waals surface area contributed by atoms with E-state index in [-0.39, 0.29) is 37.5 Å². The summed E-state index contributed by atoms with van der Waals surface area (Å²) in [5.74, 6) is -0.679. The number of piperazine rings is 1. The molecule has 4 saturated heterocycles. The Bertz CT molecular complexity index is 2020. The van der Waals surface area contributed by atoms with Gasteiger partial charge in [-0.2, -0.15) is 5.10 Å². The Morgan fingerprint density at radius 2 is 1.60 bits per heavy atom. The van der Waals surface area contributed by atoms with E-state index in [1.165, 1.54) is 11.2 Å². The number of urea groups is 1. The highest BCUT2D eigenvalue weighted by Gasteiger charge is 2.51. The second-order valence-electron chi connectivity index (χ2n) is 15.5. The molecule has 4 fully saturated rings. The van der Waals surface area contributed by atoms with Gasteiger partial charge in [-0.3, -0.25) is 4.79 Å². The zero-order valence-electron chi connectivity index (χ0n) is 32.8. The van der Waals surface area contributed by atoms with E-state index in [9.17, 15) is 9.59 Å². The smallest absolute Gasteiger partial charge is 0.332 e. The normalized spacial score (nSPS) is 23.6. The molecule has 3 atom stereocenters. The highest BCUT2D eigenvalue weighted by Crippen LogP contribution is 2.41. The summed E-state index contributed by atoms with van der Waals surface area (Å²) in [6.45, 7) is 9.39. The molecule has 4 aromatic rings. The molecule has 5 heterocycles. The van der Waals surface area contributed by atoms with Crippen molar-refractivity contribution < 1.29 is 33.3 Å². The first-order chi connectivity index (χ1) is 28.1. The summed E-state index contributed by atoms with van der Waals surface area (Å²) >= 11 is 12.8. The molecule has 1 unspecified atom stereocenters. The number of halogens is 2. The van der Waals surface area contributed by atoms with Gasteiger partial charge < -0.3 is 38.4 Å². The third-order valence-corrected chi connectivity index (χ3v) is 11.8. The number of carbonyl (C=O) groups is 2. The van der Waals surface area contributed by atoms with Crippen molar-refractivity contribution >= 4 is 52.2 Å². The number of nitrogens with zero attached hydrogens (tertiary/aromatic N) is 7. The first-order valence-electron chi connectivity index (χ1n) is 19.9. The summed E-state index contributed by atoms with van der Waals surface area (Å²) in [5.41, 5.74) is 2.44. The lowest BCUT2D eigenvalue weighted by Gasteiger charge is -2.37. The third kappa shape index (κ3) is 8.63. The molecule has 16 heteroatoms. The first-order valence-corrected chi connectivity index (χ1v) is 20.7. The number of amides is 3. The number of rotatable bonds is 14. The molecule has 0 radical (unpaired) electrons. The molecule has 1 aromatic heterocycles. The van der Waals surface area contributed by atoms with Gasteiger partial charge in [-0.15, -0.1) is 0 Å². The van der Waals surface area contributed by atoms with Gasteiger partial charge in [-0.1, -0.05) is 29.3 Å². The van der Waals surface area contributed by atoms with Gasteiger partial charge >= 0.3 is 6.03 Å². The molecule has 8 rings (SSSR count). The monoisotopic (exact) mass is 833 g/mol. The largest absolute Gasteiger partial charge is 0.491 e. The van der Waals surface area contributed by atoms with Crippen LogP contribution in [0.3, 0.4) is 0 Å². The zero-order valence-corrected chi connectivity index (χ0v) is 34.3. The number of imide groups is 1. The third-order valence-electron chi connectivity index (χ3n) is 11.2. The van der Waals surface area contributed by atoms with Crippen molar-refractivity contribution in [1.82, 2.24) is 19.7 Å². The van der Waals surface area contributed by atoms with Crippen LogP contribution in [0.15, 0.2) is 79.4 Å². The fourth-order valence-electron chi connectivity index (χ4n) is 7.98. The standard InChI is InChI=1S/C42H49Cl2N7O7/c1-41(2)39(52)51(40(53)50(41)17-5-23-55-38-6-3-4-22-54-38)33-10-8-31(9-11-33)47-18-20-48(21-19-47)32-12-14-34(15-13-32)56-25-35-26-57-42(58-35,27-49-29-45-28-46-49)36-16-7-30(43)24-37(36)44/h7-16,24,28-29,35,38H,3-6,17-23,25-27H2,1-2H3/t35-,38?,42-/m1/s1. The molecular formula is C42H49Cl2N7O7. The Morgan fingerprint density at radius 3 is 2.26 bits per heavy atom. The van der Waals surface area contributed by atoms with Crippen LogP contribution < -0.4 is 19.4 Å². The summed E-state index contributed by atoms with van der Waals surface area (Å²) in [6, 6.07) is 20.7. The van der Waals surface area contributed by atoms with Gasteiger partial charge in [-0.05, 0) is 100 Å². The lowest BCUT2D eigenvalue weighted by atomic mass is 10.0. The molecule has 0 bridgehead atoms. The van der Waals surface area contributed by atoms with Crippen LogP contribution in [0, 0.1) is 0 Å². The van der Waals surface area contributed by atoms with Gasteiger partial charge in [0.2, 0.25) is 5.79 Å². The van der Waals surface area contributed by atoms with Gasteiger partial charge in [0, 0.05) is 61.3 Å². The highest BCUT2D eigenvalue weighted by atomic mass is 35.5. The average molecular weight is 835 g/mol. The molecule has 3 amide bonds. The van der Waals surface area contributed by atoms with Gasteiger partial charge in [0.1, 0.15) is 43.2 Å². The molecule has 0 aliphatic carbocycles. The quantitative estimate of drug-likeness (QED) is 0.0992. The predicted molar refractivity (Wildman–Crippen MR) is 220 cm³/mol. The van der Waals surface area contributed by atoms with Gasteiger partial charge in [-0.25, -0.2) is 19.4 Å². The van der Waals surface area contributed by atoms with Gasteiger partial charge in [0.25, 0.3) is 5.91 Å². The minimum Gasteiger partial charge on any atom is -0.491 e. The zero-order chi connectivity index (χ0) is 40.3. The van der Waals surface area contributed by atoms with Crippen LogP contribution in [0.25, 0.3) is 0 Å². The maximum atomic E-state index is 13.6. The van der Waals surface area contributed by atoms with E-state index in [1.807, 2.05) is 42.5 Å². The lowest BCUT2D eigenvalue weighted by Crippen LogP contribution is -2.46. The predicted octanol–water partition coefficient (Wildman–Crippen LogP) is 6.74. The molecular weight excluding hydrogens is 785 g/mol. The van der Waals surface area contributed by atoms with E-state index in [4.69, 9.17) is 46.9 Å². The van der Waals surface area contributed by atoms with Crippen LogP contribution in [0.2, 0.25) is 10.0 Å². The number of hydrogen-bond donors (Lipinski definition) is 0. The van der Waals surface area contributed by atoms with Crippen molar-refractivity contribution in [2.75, 3.05) is 73.9 Å². The number of aromatic nitrogens is 3. The molecule has 0 N–H and O–H groups in total. The average Bonchev–Trinajstić information content (AvgIpc) is 3.94. The molecule has 4 aliphatic heterocycles. The minimum absolute atomic E-state index is 0.174. The Morgan fingerprint density at radius 1 is 0.897 bits per heavy atom. The Balaban J connectivity index is 0.812. The maximum absolute atomic E-state index is 13.6. The van der Waals surface area contributed by atoms with Crippen LogP contribution in [-0.4, -0.2) is 109 Å². The minimum atomic E-state index is -1.18. The van der Waals surface area contributed by atoms with Crippen molar-refractivity contribution in [3.8, 4) is 5.75 Å². The number of benzene rings is 3. The van der Waals surface area contributed by atoms with E-state index in [0.717, 1.165) is 69.2 Å². The van der Waals surface area contributed by atoms with Crippen LogP contribution >= 0.6 is 23.2 Å². The van der Waals surface area contributed by atoms with Crippen molar-refractivity contribution in [3.63, 3.8) is 0 Å². The molecule has 308 valence electrons. The molecule has 0 spiro atoms. The van der Waals surface area contributed by atoms with E-state index >= 15 is 0 Å². The first kappa shape index (κ1) is 40.3. The summed E-state index contributed by atoms with van der Waals surface area (Å²) in [5, 5.41) is 5.19. The van der Waals surface area contributed by atoms with Crippen LogP contribution in [0.1, 0.15) is 45.1 Å².